The predicted molar refractivity (Wildman–Crippen MR) is 87.8 cm³/mol. The number of nitrogens with one attached hydrogen (secondary N) is 1. The largest absolute Gasteiger partial charge is 0.371 e. The molecule has 3 rings (SSSR count). The molecule has 0 spiro atoms. The van der Waals surface area contributed by atoms with Gasteiger partial charge < -0.3 is 10.1 Å². The number of thioether (sulfide) groups is 1. The molecule has 3 heterocycles. The first-order chi connectivity index (χ1) is 10.6. The lowest BCUT2D eigenvalue weighted by Crippen LogP contribution is -2.40. The van der Waals surface area contributed by atoms with Crippen molar-refractivity contribution in [2.75, 3.05) is 18.9 Å². The van der Waals surface area contributed by atoms with Crippen LogP contribution in [0.2, 0.25) is 0 Å². The van der Waals surface area contributed by atoms with Gasteiger partial charge in [-0.1, -0.05) is 0 Å². The van der Waals surface area contributed by atoms with Crippen LogP contribution >= 0.6 is 11.8 Å². The molecule has 0 aliphatic carbocycles. The van der Waals surface area contributed by atoms with E-state index < -0.39 is 0 Å². The van der Waals surface area contributed by atoms with Crippen LogP contribution in [0.15, 0.2) is 12.3 Å². The van der Waals surface area contributed by atoms with Crippen LogP contribution in [0.25, 0.3) is 0 Å². The summed E-state index contributed by atoms with van der Waals surface area (Å²) in [7, 11) is 0. The molecule has 0 radical (unpaired) electrons. The maximum atomic E-state index is 12.6. The van der Waals surface area contributed by atoms with Gasteiger partial charge >= 0.3 is 0 Å². The molecule has 1 N–H and O–H groups in total. The summed E-state index contributed by atoms with van der Waals surface area (Å²) in [6.45, 7) is 6.50. The lowest BCUT2D eigenvalue weighted by atomic mass is 9.97. The summed E-state index contributed by atoms with van der Waals surface area (Å²) < 4.78 is 7.97. The van der Waals surface area contributed by atoms with Crippen molar-refractivity contribution in [3.63, 3.8) is 0 Å². The highest BCUT2D eigenvalue weighted by molar-refractivity contribution is 8.00. The van der Waals surface area contributed by atoms with E-state index in [9.17, 15) is 4.79 Å². The van der Waals surface area contributed by atoms with Crippen LogP contribution < -0.4 is 5.32 Å². The molecule has 1 aromatic heterocycles. The Morgan fingerprint density at radius 2 is 2.50 bits per heavy atom. The van der Waals surface area contributed by atoms with E-state index in [-0.39, 0.29) is 22.7 Å². The van der Waals surface area contributed by atoms with Gasteiger partial charge in [0.1, 0.15) is 6.10 Å². The molecule has 1 aromatic rings. The van der Waals surface area contributed by atoms with E-state index in [1.807, 2.05) is 22.5 Å². The Bertz CT molecular complexity index is 525. The molecular weight excluding hydrogens is 298 g/mol. The van der Waals surface area contributed by atoms with Crippen molar-refractivity contribution < 1.29 is 9.53 Å². The molecule has 3 atom stereocenters. The molecule has 0 bridgehead atoms. The molecular formula is C16H25N3O2S. The molecule has 1 unspecified atom stereocenters. The third kappa shape index (κ3) is 3.18. The lowest BCUT2D eigenvalue weighted by Gasteiger charge is -2.25. The number of hydrogen-bond acceptors (Lipinski definition) is 4. The molecule has 0 aromatic carbocycles. The molecule has 2 aliphatic heterocycles. The van der Waals surface area contributed by atoms with Crippen molar-refractivity contribution in [1.29, 1.82) is 0 Å². The lowest BCUT2D eigenvalue weighted by molar-refractivity contribution is -0.127. The Labute approximate surface area is 136 Å². The number of aromatic nitrogens is 2. The molecule has 2 aliphatic rings. The summed E-state index contributed by atoms with van der Waals surface area (Å²) in [5, 5.41) is 7.46. The summed E-state index contributed by atoms with van der Waals surface area (Å²) in [5.41, 5.74) is 1.02. The number of hydrogen-bond donors (Lipinski definition) is 1. The van der Waals surface area contributed by atoms with Crippen molar-refractivity contribution in [3.8, 4) is 0 Å². The molecule has 2 saturated heterocycles. The van der Waals surface area contributed by atoms with E-state index in [0.29, 0.717) is 6.61 Å². The normalized spacial score (nSPS) is 31.5. The highest BCUT2D eigenvalue weighted by Gasteiger charge is 2.38. The second-order valence-electron chi connectivity index (χ2n) is 6.38. The number of amides is 1. The fourth-order valence-electron chi connectivity index (χ4n) is 3.38. The zero-order valence-corrected chi connectivity index (χ0v) is 14.2. The van der Waals surface area contributed by atoms with E-state index in [4.69, 9.17) is 4.74 Å². The van der Waals surface area contributed by atoms with Gasteiger partial charge in [-0.25, -0.2) is 0 Å². The Morgan fingerprint density at radius 1 is 1.64 bits per heavy atom. The second kappa shape index (κ2) is 6.62. The minimum atomic E-state index is -0.161. The van der Waals surface area contributed by atoms with Crippen LogP contribution in [0.3, 0.4) is 0 Å². The standard InChI is InChI=1S/C16H25N3O2S/c1-3-19-13(5-8-18-19)14-12(6-9-21-14)15(20)17-11-16(2)7-4-10-22-16/h5,8,12,14H,3-4,6-7,9-11H2,1-2H3,(H,17,20)/t12-,14-,16?/m1/s1. The molecule has 6 heteroatoms. The summed E-state index contributed by atoms with van der Waals surface area (Å²) in [6.07, 6.45) is 4.85. The fraction of sp³-hybridized carbons (Fsp3) is 0.750. The van der Waals surface area contributed by atoms with E-state index in [0.717, 1.165) is 25.2 Å². The van der Waals surface area contributed by atoms with Gasteiger partial charge in [0.2, 0.25) is 5.91 Å². The van der Waals surface area contributed by atoms with Gasteiger partial charge in [0.05, 0.1) is 11.6 Å². The average Bonchev–Trinajstić information content (AvgIpc) is 3.24. The van der Waals surface area contributed by atoms with Crippen molar-refractivity contribution in [1.82, 2.24) is 15.1 Å². The van der Waals surface area contributed by atoms with Gasteiger partial charge in [0.15, 0.2) is 0 Å². The van der Waals surface area contributed by atoms with Gasteiger partial charge in [-0.2, -0.15) is 16.9 Å². The second-order valence-corrected chi connectivity index (χ2v) is 8.06. The molecule has 22 heavy (non-hydrogen) atoms. The fourth-order valence-corrected chi connectivity index (χ4v) is 4.62. The number of ether oxygens (including phenoxy) is 1. The van der Waals surface area contributed by atoms with Gasteiger partial charge in [-0.05, 0) is 44.9 Å². The summed E-state index contributed by atoms with van der Waals surface area (Å²) >= 11 is 1.97. The highest BCUT2D eigenvalue weighted by Crippen LogP contribution is 2.38. The topological polar surface area (TPSA) is 56.2 Å². The van der Waals surface area contributed by atoms with E-state index in [2.05, 4.69) is 24.3 Å². The monoisotopic (exact) mass is 323 g/mol. The van der Waals surface area contributed by atoms with E-state index in [1.165, 1.54) is 18.6 Å². The van der Waals surface area contributed by atoms with Crippen LogP contribution in [-0.4, -0.2) is 39.3 Å². The van der Waals surface area contributed by atoms with Crippen LogP contribution in [0.5, 0.6) is 0 Å². The first-order valence-electron chi connectivity index (χ1n) is 8.18. The number of carbonyl (C=O) groups is 1. The Morgan fingerprint density at radius 3 is 3.23 bits per heavy atom. The smallest absolute Gasteiger partial charge is 0.226 e. The molecule has 1 amide bonds. The summed E-state index contributed by atoms with van der Waals surface area (Å²) in [6, 6.07) is 1.97. The van der Waals surface area contributed by atoms with Crippen molar-refractivity contribution in [3.05, 3.63) is 18.0 Å². The number of carbonyl (C=O) groups excluding carboxylic acids is 1. The Balaban J connectivity index is 1.64. The first-order valence-corrected chi connectivity index (χ1v) is 9.16. The van der Waals surface area contributed by atoms with Gasteiger partial charge in [0, 0.05) is 30.6 Å². The third-order valence-corrected chi connectivity index (χ3v) is 6.24. The average molecular weight is 323 g/mol. The zero-order valence-electron chi connectivity index (χ0n) is 13.4. The van der Waals surface area contributed by atoms with Crippen LogP contribution in [0, 0.1) is 5.92 Å². The van der Waals surface area contributed by atoms with Crippen LogP contribution in [0.4, 0.5) is 0 Å². The molecule has 5 nitrogen and oxygen atoms in total. The number of rotatable bonds is 5. The molecule has 0 saturated carbocycles. The molecule has 2 fully saturated rings. The summed E-state index contributed by atoms with van der Waals surface area (Å²) in [4.78, 5) is 12.6. The van der Waals surface area contributed by atoms with E-state index >= 15 is 0 Å². The first kappa shape index (κ1) is 15.9. The van der Waals surface area contributed by atoms with E-state index in [1.54, 1.807) is 6.20 Å². The maximum Gasteiger partial charge on any atom is 0.226 e. The van der Waals surface area contributed by atoms with Gasteiger partial charge in [-0.15, -0.1) is 0 Å². The van der Waals surface area contributed by atoms with Crippen molar-refractivity contribution in [2.24, 2.45) is 5.92 Å². The zero-order chi connectivity index (χ0) is 15.6. The number of nitrogens with zero attached hydrogens (tertiary/aromatic N) is 2. The Kier molecular flexibility index (Phi) is 4.78. The van der Waals surface area contributed by atoms with Crippen molar-refractivity contribution >= 4 is 17.7 Å². The van der Waals surface area contributed by atoms with Gasteiger partial charge in [0.25, 0.3) is 0 Å². The quantitative estimate of drug-likeness (QED) is 0.904. The maximum absolute atomic E-state index is 12.6. The minimum Gasteiger partial charge on any atom is -0.371 e. The molecule has 122 valence electrons. The SMILES string of the molecule is CCn1nccc1[C@@H]1OCC[C@H]1C(=O)NCC1(C)CCCS1. The highest BCUT2D eigenvalue weighted by atomic mass is 32.2. The van der Waals surface area contributed by atoms with Crippen molar-refractivity contribution in [2.45, 2.75) is 50.5 Å². The predicted octanol–water partition coefficient (Wildman–Crippen LogP) is 2.38. The third-order valence-electron chi connectivity index (χ3n) is 4.71. The number of aryl methyl sites for hydroxylation is 1. The minimum absolute atomic E-state index is 0.1000. The van der Waals surface area contributed by atoms with Crippen LogP contribution in [0.1, 0.15) is 44.9 Å². The Hall–Kier alpha value is -1.01. The van der Waals surface area contributed by atoms with Gasteiger partial charge in [-0.3, -0.25) is 9.48 Å². The summed E-state index contributed by atoms with van der Waals surface area (Å²) in [5.74, 6) is 1.23. The van der Waals surface area contributed by atoms with Crippen LogP contribution in [-0.2, 0) is 16.1 Å².